The average Bonchev–Trinajstić information content (AvgIpc) is 3.50. The molecule has 0 aromatic heterocycles. The van der Waals surface area contributed by atoms with E-state index >= 15 is 0 Å². The zero-order valence-corrected chi connectivity index (χ0v) is 18.9. The molecule has 4 aliphatic rings. The molecule has 1 saturated carbocycles. The van der Waals surface area contributed by atoms with Crippen molar-refractivity contribution in [1.29, 1.82) is 0 Å². The first-order valence-electron chi connectivity index (χ1n) is 11.7. The molecule has 2 N–H and O–H groups in total. The summed E-state index contributed by atoms with van der Waals surface area (Å²) in [7, 11) is 0. The Hall–Kier alpha value is -3.61. The number of carbonyl (C=O) groups is 3. The fourth-order valence-corrected chi connectivity index (χ4v) is 5.76. The minimum Gasteiger partial charge on any atom is -0.481 e. The molecule has 34 heavy (non-hydrogen) atoms. The third kappa shape index (κ3) is 3.75. The Balaban J connectivity index is 1.25. The first-order valence-corrected chi connectivity index (χ1v) is 11.7. The van der Waals surface area contributed by atoms with Gasteiger partial charge >= 0.3 is 12.1 Å². The van der Waals surface area contributed by atoms with E-state index < -0.39 is 24.0 Å². The molecule has 2 amide bonds. The number of aliphatic carboxylic acids is 1. The second-order valence-corrected chi connectivity index (χ2v) is 9.31. The molecule has 6 rings (SSSR count). The van der Waals surface area contributed by atoms with Crippen molar-refractivity contribution in [1.82, 2.24) is 10.2 Å². The number of nitrogens with one attached hydrogen (secondary N) is 1. The zero-order chi connectivity index (χ0) is 23.8. The van der Waals surface area contributed by atoms with Gasteiger partial charge in [0.05, 0.1) is 5.92 Å². The van der Waals surface area contributed by atoms with Crippen LogP contribution in [0.1, 0.15) is 36.3 Å². The van der Waals surface area contributed by atoms with E-state index in [-0.39, 0.29) is 30.4 Å². The van der Waals surface area contributed by atoms with Gasteiger partial charge in [-0.25, -0.2) is 4.79 Å². The second-order valence-electron chi connectivity index (χ2n) is 9.31. The molecule has 2 bridgehead atoms. The number of carboxylic acid groups (broad SMARTS) is 1. The molecule has 176 valence electrons. The minimum atomic E-state index is -0.858. The molecular weight excluding hydrogens is 432 g/mol. The third-order valence-corrected chi connectivity index (χ3v) is 7.46. The predicted molar refractivity (Wildman–Crippen MR) is 126 cm³/mol. The number of carboxylic acids is 1. The Kier molecular flexibility index (Phi) is 5.86. The van der Waals surface area contributed by atoms with E-state index in [0.29, 0.717) is 25.8 Å². The topological polar surface area (TPSA) is 95.9 Å². The molecule has 4 atom stereocenters. The van der Waals surface area contributed by atoms with Crippen LogP contribution in [0.2, 0.25) is 0 Å². The number of amides is 2. The number of ether oxygens (including phenoxy) is 1. The molecule has 2 saturated heterocycles. The van der Waals surface area contributed by atoms with Gasteiger partial charge in [0.2, 0.25) is 5.91 Å². The summed E-state index contributed by atoms with van der Waals surface area (Å²) >= 11 is 0. The Morgan fingerprint density at radius 1 is 1.12 bits per heavy atom. The molecule has 2 aromatic carbocycles. The van der Waals surface area contributed by atoms with Gasteiger partial charge < -0.3 is 20.1 Å². The smallest absolute Gasteiger partial charge is 0.407 e. The van der Waals surface area contributed by atoms with Crippen LogP contribution in [0.25, 0.3) is 11.1 Å². The number of benzene rings is 2. The number of carbonyl (C=O) groups excluding carboxylic acids is 2. The summed E-state index contributed by atoms with van der Waals surface area (Å²) < 4.78 is 5.62. The fraction of sp³-hybridized carbons (Fsp3) is 0.370. The number of nitrogens with zero attached hydrogens (tertiary/aromatic N) is 1. The molecule has 2 aliphatic heterocycles. The van der Waals surface area contributed by atoms with E-state index in [1.165, 1.54) is 0 Å². The third-order valence-electron chi connectivity index (χ3n) is 7.46. The highest BCUT2D eigenvalue weighted by Gasteiger charge is 2.57. The molecule has 2 aromatic rings. The number of allylic oxidation sites excluding steroid dienone is 1. The van der Waals surface area contributed by atoms with E-state index in [1.54, 1.807) is 11.0 Å². The Morgan fingerprint density at radius 3 is 2.35 bits per heavy atom. The van der Waals surface area contributed by atoms with Crippen LogP contribution < -0.4 is 5.32 Å². The summed E-state index contributed by atoms with van der Waals surface area (Å²) in [5.74, 6) is -1.67. The summed E-state index contributed by atoms with van der Waals surface area (Å²) in [6.07, 6.45) is 2.69. The largest absolute Gasteiger partial charge is 0.481 e. The monoisotopic (exact) mass is 460 g/mol. The van der Waals surface area contributed by atoms with Gasteiger partial charge in [0.25, 0.3) is 0 Å². The van der Waals surface area contributed by atoms with Crippen LogP contribution in [-0.4, -0.2) is 53.2 Å². The van der Waals surface area contributed by atoms with Gasteiger partial charge in [-0.05, 0) is 47.4 Å². The highest BCUT2D eigenvalue weighted by atomic mass is 16.5. The van der Waals surface area contributed by atoms with Crippen molar-refractivity contribution in [2.24, 2.45) is 11.8 Å². The Bertz CT molecular complexity index is 1100. The first-order chi connectivity index (χ1) is 16.5. The van der Waals surface area contributed by atoms with Crippen LogP contribution in [-0.2, 0) is 14.3 Å². The maximum Gasteiger partial charge on any atom is 0.407 e. The molecule has 2 heterocycles. The van der Waals surface area contributed by atoms with Crippen LogP contribution >= 0.6 is 0 Å². The molecule has 0 spiro atoms. The van der Waals surface area contributed by atoms with Crippen LogP contribution in [0.15, 0.2) is 61.2 Å². The molecule has 7 heteroatoms. The number of alkyl carbamates (subject to hydrolysis) is 1. The van der Waals surface area contributed by atoms with Crippen molar-refractivity contribution >= 4 is 18.0 Å². The average molecular weight is 461 g/mol. The van der Waals surface area contributed by atoms with E-state index in [2.05, 4.69) is 36.2 Å². The summed E-state index contributed by atoms with van der Waals surface area (Å²) in [6.45, 7) is 4.30. The van der Waals surface area contributed by atoms with Crippen LogP contribution in [0, 0.1) is 11.8 Å². The van der Waals surface area contributed by atoms with Crippen molar-refractivity contribution in [3.63, 3.8) is 0 Å². The summed E-state index contributed by atoms with van der Waals surface area (Å²) in [5.41, 5.74) is 4.53. The van der Waals surface area contributed by atoms with Crippen molar-refractivity contribution in [2.45, 2.75) is 37.3 Å². The number of fused-ring (bicyclic) bond motifs is 4. The van der Waals surface area contributed by atoms with Crippen LogP contribution in [0.5, 0.6) is 0 Å². The van der Waals surface area contributed by atoms with Gasteiger partial charge in [-0.15, -0.1) is 6.58 Å². The zero-order valence-electron chi connectivity index (χ0n) is 18.9. The second kappa shape index (κ2) is 8.97. The number of hydrogen-bond donors (Lipinski definition) is 2. The maximum atomic E-state index is 13.2. The molecule has 0 radical (unpaired) electrons. The van der Waals surface area contributed by atoms with Gasteiger partial charge in [-0.3, -0.25) is 9.59 Å². The molecule has 7 nitrogen and oxygen atoms in total. The minimum absolute atomic E-state index is 0.000888. The van der Waals surface area contributed by atoms with Crippen molar-refractivity contribution in [3.05, 3.63) is 72.3 Å². The molecule has 4 unspecified atom stereocenters. The van der Waals surface area contributed by atoms with Gasteiger partial charge in [0.1, 0.15) is 12.6 Å². The van der Waals surface area contributed by atoms with Gasteiger partial charge in [0, 0.05) is 18.5 Å². The highest BCUT2D eigenvalue weighted by molar-refractivity contribution is 5.88. The van der Waals surface area contributed by atoms with Gasteiger partial charge in [-0.1, -0.05) is 54.6 Å². The van der Waals surface area contributed by atoms with Crippen molar-refractivity contribution in [2.75, 3.05) is 13.2 Å². The number of rotatable bonds is 8. The van der Waals surface area contributed by atoms with E-state index in [9.17, 15) is 19.5 Å². The predicted octanol–water partition coefficient (Wildman–Crippen LogP) is 3.79. The standard InChI is InChI=1S/C27H28N2O5/c1-2-3-12-22(25(30)29-14-16-13-23(29)24(16)26(31)32)28-27(33)34-15-21-19-10-6-4-8-17(19)18-9-5-7-11-20(18)21/h2,4-11,16,21-24H,1,3,12-15H2,(H,28,33)(H,31,32). The van der Waals surface area contributed by atoms with Crippen molar-refractivity contribution in [3.8, 4) is 11.1 Å². The Labute approximate surface area is 198 Å². The lowest BCUT2D eigenvalue weighted by Gasteiger charge is -2.34. The lowest BCUT2D eigenvalue weighted by atomic mass is 9.74. The lowest BCUT2D eigenvalue weighted by molar-refractivity contribution is -0.148. The van der Waals surface area contributed by atoms with Crippen LogP contribution in [0.3, 0.4) is 0 Å². The quantitative estimate of drug-likeness (QED) is 0.585. The lowest BCUT2D eigenvalue weighted by Crippen LogP contribution is -2.52. The molecule has 3 fully saturated rings. The van der Waals surface area contributed by atoms with E-state index in [1.807, 2.05) is 24.3 Å². The fourth-order valence-electron chi connectivity index (χ4n) is 5.76. The first kappa shape index (κ1) is 22.2. The van der Waals surface area contributed by atoms with E-state index in [4.69, 9.17) is 4.74 Å². The number of hydrogen-bond acceptors (Lipinski definition) is 4. The van der Waals surface area contributed by atoms with Gasteiger partial charge in [0.15, 0.2) is 0 Å². The maximum absolute atomic E-state index is 13.2. The highest BCUT2D eigenvalue weighted by Crippen LogP contribution is 2.47. The summed E-state index contributed by atoms with van der Waals surface area (Å²) in [4.78, 5) is 39.1. The van der Waals surface area contributed by atoms with Crippen LogP contribution in [0.4, 0.5) is 4.79 Å². The molecule has 2 aliphatic carbocycles. The van der Waals surface area contributed by atoms with Gasteiger partial charge in [-0.2, -0.15) is 0 Å². The summed E-state index contributed by atoms with van der Waals surface area (Å²) in [5, 5.41) is 12.1. The van der Waals surface area contributed by atoms with Crippen molar-refractivity contribution < 1.29 is 24.2 Å². The van der Waals surface area contributed by atoms with E-state index in [0.717, 1.165) is 22.3 Å². The molecular formula is C27H28N2O5. The normalized spacial score (nSPS) is 22.8. The Morgan fingerprint density at radius 2 is 1.76 bits per heavy atom. The summed E-state index contributed by atoms with van der Waals surface area (Å²) in [6, 6.07) is 15.1. The SMILES string of the molecule is C=CCCC(NC(=O)OCC1c2ccccc2-c2ccccc21)C(=O)N1CC2CC1C2C(=O)O.